The Kier molecular flexibility index (Phi) is 4.63. The third kappa shape index (κ3) is 3.18. The molecule has 2 rings (SSSR count). The van der Waals surface area contributed by atoms with Crippen LogP contribution >= 0.6 is 0 Å². The van der Waals surface area contributed by atoms with Crippen molar-refractivity contribution in [2.45, 2.75) is 18.6 Å². The molecule has 2 atom stereocenters. The second-order valence-electron chi connectivity index (χ2n) is 4.97. The summed E-state index contributed by atoms with van der Waals surface area (Å²) in [5.41, 5.74) is 6.56. The molecule has 1 aromatic rings. The molecule has 106 valence electrons. The molecule has 0 saturated carbocycles. The molecule has 0 bridgehead atoms. The Balaban J connectivity index is 2.30. The second kappa shape index (κ2) is 6.23. The molecule has 19 heavy (non-hydrogen) atoms. The molecule has 0 aromatic heterocycles. The van der Waals surface area contributed by atoms with E-state index in [9.17, 15) is 5.11 Å². The number of nitrogens with zero attached hydrogens (tertiary/aromatic N) is 1. The average Bonchev–Trinajstić information content (AvgIpc) is 2.63. The fourth-order valence-electron chi connectivity index (χ4n) is 2.36. The van der Waals surface area contributed by atoms with E-state index in [1.807, 2.05) is 37.2 Å². The third-order valence-electron chi connectivity index (χ3n) is 3.28. The van der Waals surface area contributed by atoms with Crippen LogP contribution in [0.1, 0.15) is 18.0 Å². The van der Waals surface area contributed by atoms with E-state index in [-0.39, 0.29) is 12.6 Å². The highest BCUT2D eigenvalue weighted by Crippen LogP contribution is 2.34. The Labute approximate surface area is 113 Å². The molecule has 0 aliphatic carbocycles. The predicted molar refractivity (Wildman–Crippen MR) is 73.5 cm³/mol. The predicted octanol–water partition coefficient (Wildman–Crippen LogP) is 0.770. The van der Waals surface area contributed by atoms with Crippen LogP contribution in [0.15, 0.2) is 18.2 Å². The summed E-state index contributed by atoms with van der Waals surface area (Å²) < 4.78 is 11.3. The lowest BCUT2D eigenvalue weighted by Crippen LogP contribution is -2.36. The number of fused-ring (bicyclic) bond motifs is 1. The van der Waals surface area contributed by atoms with E-state index < -0.39 is 6.10 Å². The molecule has 0 amide bonds. The number of aliphatic hydroxyl groups is 1. The molecule has 3 N–H and O–H groups in total. The number of hydrogen-bond donors (Lipinski definition) is 2. The van der Waals surface area contributed by atoms with Crippen LogP contribution in [0.2, 0.25) is 0 Å². The van der Waals surface area contributed by atoms with Crippen molar-refractivity contribution in [2.24, 2.45) is 5.73 Å². The highest BCUT2D eigenvalue weighted by Gasteiger charge is 2.24. The lowest BCUT2D eigenvalue weighted by Gasteiger charge is -2.29. The summed E-state index contributed by atoms with van der Waals surface area (Å²) in [5, 5.41) is 10.1. The van der Waals surface area contributed by atoms with E-state index in [4.69, 9.17) is 15.2 Å². The van der Waals surface area contributed by atoms with Crippen LogP contribution < -0.4 is 15.2 Å². The minimum atomic E-state index is -0.611. The van der Waals surface area contributed by atoms with Crippen LogP contribution in [-0.2, 0) is 0 Å². The Morgan fingerprint density at radius 1 is 1.26 bits per heavy atom. The van der Waals surface area contributed by atoms with Crippen molar-refractivity contribution in [1.29, 1.82) is 0 Å². The lowest BCUT2D eigenvalue weighted by molar-refractivity contribution is 0.0822. The van der Waals surface area contributed by atoms with E-state index in [1.165, 1.54) is 0 Å². The molecule has 0 radical (unpaired) electrons. The second-order valence-corrected chi connectivity index (χ2v) is 4.97. The fourth-order valence-corrected chi connectivity index (χ4v) is 2.36. The van der Waals surface area contributed by atoms with Crippen LogP contribution in [0.4, 0.5) is 0 Å². The number of rotatable bonds is 4. The van der Waals surface area contributed by atoms with Gasteiger partial charge in [-0.15, -0.1) is 0 Å². The average molecular weight is 266 g/mol. The minimum absolute atomic E-state index is 0.151. The molecule has 1 heterocycles. The van der Waals surface area contributed by atoms with Gasteiger partial charge in [0.1, 0.15) is 0 Å². The SMILES string of the molecule is CN(C)C(c1ccc2c(c1)OCCCO2)C(O)CN. The first-order valence-corrected chi connectivity index (χ1v) is 6.57. The summed E-state index contributed by atoms with van der Waals surface area (Å²) in [6, 6.07) is 5.64. The largest absolute Gasteiger partial charge is 0.490 e. The van der Waals surface area contributed by atoms with Gasteiger partial charge >= 0.3 is 0 Å². The molecule has 0 fully saturated rings. The minimum Gasteiger partial charge on any atom is -0.490 e. The Morgan fingerprint density at radius 3 is 2.58 bits per heavy atom. The highest BCUT2D eigenvalue weighted by molar-refractivity contribution is 5.44. The van der Waals surface area contributed by atoms with E-state index >= 15 is 0 Å². The maximum atomic E-state index is 10.1. The molecule has 0 saturated heterocycles. The molecule has 5 nitrogen and oxygen atoms in total. The molecule has 0 spiro atoms. The number of ether oxygens (including phenoxy) is 2. The maximum Gasteiger partial charge on any atom is 0.161 e. The number of aliphatic hydroxyl groups excluding tert-OH is 1. The van der Waals surface area contributed by atoms with Gasteiger partial charge in [0.15, 0.2) is 11.5 Å². The van der Waals surface area contributed by atoms with Gasteiger partial charge in [0.2, 0.25) is 0 Å². The monoisotopic (exact) mass is 266 g/mol. The zero-order valence-electron chi connectivity index (χ0n) is 11.5. The van der Waals surface area contributed by atoms with Crippen molar-refractivity contribution in [2.75, 3.05) is 33.9 Å². The summed E-state index contributed by atoms with van der Waals surface area (Å²) in [6.45, 7) is 1.55. The molecule has 1 aromatic carbocycles. The summed E-state index contributed by atoms with van der Waals surface area (Å²) >= 11 is 0. The molecule has 2 unspecified atom stereocenters. The zero-order valence-corrected chi connectivity index (χ0v) is 11.5. The standard InChI is InChI=1S/C14H22N2O3/c1-16(2)14(11(17)9-15)10-4-5-12-13(8-10)19-7-3-6-18-12/h4-5,8,11,14,17H,3,6-7,9,15H2,1-2H3. The van der Waals surface area contributed by atoms with Gasteiger partial charge in [-0.3, -0.25) is 0 Å². The van der Waals surface area contributed by atoms with Gasteiger partial charge in [0.25, 0.3) is 0 Å². The molecular formula is C14H22N2O3. The Hall–Kier alpha value is -1.30. The van der Waals surface area contributed by atoms with Gasteiger partial charge in [-0.05, 0) is 31.8 Å². The normalized spacial score (nSPS) is 17.9. The van der Waals surface area contributed by atoms with Gasteiger partial charge in [0, 0.05) is 13.0 Å². The first kappa shape index (κ1) is 14.1. The van der Waals surface area contributed by atoms with Crippen molar-refractivity contribution in [3.05, 3.63) is 23.8 Å². The van der Waals surface area contributed by atoms with E-state index in [1.54, 1.807) is 0 Å². The van der Waals surface area contributed by atoms with Gasteiger partial charge in [-0.1, -0.05) is 6.07 Å². The summed E-state index contributed by atoms with van der Waals surface area (Å²) in [7, 11) is 3.85. The van der Waals surface area contributed by atoms with Crippen LogP contribution in [0.5, 0.6) is 11.5 Å². The first-order valence-electron chi connectivity index (χ1n) is 6.57. The fraction of sp³-hybridized carbons (Fsp3) is 0.571. The zero-order chi connectivity index (χ0) is 13.8. The summed E-state index contributed by atoms with van der Waals surface area (Å²) in [5.74, 6) is 1.51. The van der Waals surface area contributed by atoms with Gasteiger partial charge in [-0.25, -0.2) is 0 Å². The Bertz CT molecular complexity index is 423. The first-order chi connectivity index (χ1) is 9.13. The highest BCUT2D eigenvalue weighted by atomic mass is 16.5. The topological polar surface area (TPSA) is 68.0 Å². The van der Waals surface area contributed by atoms with Crippen molar-refractivity contribution >= 4 is 0 Å². The van der Waals surface area contributed by atoms with Crippen molar-refractivity contribution < 1.29 is 14.6 Å². The summed E-state index contributed by atoms with van der Waals surface area (Å²) in [4.78, 5) is 1.96. The number of likely N-dealkylation sites (N-methyl/N-ethyl adjacent to an activating group) is 1. The van der Waals surface area contributed by atoms with Crippen molar-refractivity contribution in [3.8, 4) is 11.5 Å². The smallest absolute Gasteiger partial charge is 0.161 e. The maximum absolute atomic E-state index is 10.1. The quantitative estimate of drug-likeness (QED) is 0.842. The van der Waals surface area contributed by atoms with E-state index in [0.29, 0.717) is 13.2 Å². The van der Waals surface area contributed by atoms with Gasteiger partial charge < -0.3 is 25.2 Å². The molecular weight excluding hydrogens is 244 g/mol. The molecule has 1 aliphatic heterocycles. The molecule has 5 heteroatoms. The Morgan fingerprint density at radius 2 is 1.95 bits per heavy atom. The van der Waals surface area contributed by atoms with Crippen molar-refractivity contribution in [1.82, 2.24) is 4.90 Å². The van der Waals surface area contributed by atoms with E-state index in [0.717, 1.165) is 23.5 Å². The van der Waals surface area contributed by atoms with Crippen LogP contribution in [0, 0.1) is 0 Å². The van der Waals surface area contributed by atoms with Crippen molar-refractivity contribution in [3.63, 3.8) is 0 Å². The third-order valence-corrected chi connectivity index (χ3v) is 3.28. The number of nitrogens with two attached hydrogens (primary N) is 1. The van der Waals surface area contributed by atoms with Crippen LogP contribution in [0.25, 0.3) is 0 Å². The lowest BCUT2D eigenvalue weighted by atomic mass is 10.00. The van der Waals surface area contributed by atoms with Crippen LogP contribution in [-0.4, -0.2) is 50.0 Å². The molecule has 1 aliphatic rings. The van der Waals surface area contributed by atoms with E-state index in [2.05, 4.69) is 0 Å². The summed E-state index contributed by atoms with van der Waals surface area (Å²) in [6.07, 6.45) is 0.270. The number of benzene rings is 1. The van der Waals surface area contributed by atoms with Crippen LogP contribution in [0.3, 0.4) is 0 Å². The van der Waals surface area contributed by atoms with Gasteiger partial charge in [-0.2, -0.15) is 0 Å². The number of hydrogen-bond acceptors (Lipinski definition) is 5. The van der Waals surface area contributed by atoms with Gasteiger partial charge in [0.05, 0.1) is 25.4 Å².